The van der Waals surface area contributed by atoms with Gasteiger partial charge in [-0.3, -0.25) is 0 Å². The second-order valence-electron chi connectivity index (χ2n) is 4.93. The molecule has 0 unspecified atom stereocenters. The molecule has 1 atom stereocenters. The van der Waals surface area contributed by atoms with Crippen molar-refractivity contribution in [2.75, 3.05) is 26.1 Å². The van der Waals surface area contributed by atoms with E-state index in [4.69, 9.17) is 32.7 Å². The zero-order valence-electron chi connectivity index (χ0n) is 13.3. The molecule has 0 aliphatic carbocycles. The van der Waals surface area contributed by atoms with Gasteiger partial charge in [-0.05, 0) is 24.3 Å². The Balaban J connectivity index is 2.00. The van der Waals surface area contributed by atoms with Crippen molar-refractivity contribution in [3.63, 3.8) is 0 Å². The minimum absolute atomic E-state index is 0.259. The highest BCUT2D eigenvalue weighted by Crippen LogP contribution is 2.28. The minimum atomic E-state index is -0.398. The number of hydrogen-bond acceptors (Lipinski definition) is 3. The van der Waals surface area contributed by atoms with E-state index in [1.807, 2.05) is 18.2 Å². The number of anilines is 1. The van der Waals surface area contributed by atoms with Gasteiger partial charge in [0, 0.05) is 29.3 Å². The van der Waals surface area contributed by atoms with Crippen LogP contribution in [-0.2, 0) is 4.74 Å². The van der Waals surface area contributed by atoms with Gasteiger partial charge in [0.1, 0.15) is 11.9 Å². The van der Waals surface area contributed by atoms with Crippen LogP contribution in [0.2, 0.25) is 10.0 Å². The van der Waals surface area contributed by atoms with E-state index < -0.39 is 6.03 Å². The first-order valence-corrected chi connectivity index (χ1v) is 7.96. The molecule has 2 aromatic carbocycles. The molecule has 0 saturated carbocycles. The van der Waals surface area contributed by atoms with E-state index >= 15 is 0 Å². The molecule has 2 N–H and O–H groups in total. The van der Waals surface area contributed by atoms with Gasteiger partial charge in [0.05, 0.1) is 12.8 Å². The topological polar surface area (TPSA) is 59.6 Å². The number of urea groups is 1. The molecule has 2 aromatic rings. The smallest absolute Gasteiger partial charge is 0.319 e. The van der Waals surface area contributed by atoms with Crippen LogP contribution in [0.1, 0.15) is 11.7 Å². The van der Waals surface area contributed by atoms with Gasteiger partial charge in [-0.1, -0.05) is 41.4 Å². The first-order valence-electron chi connectivity index (χ1n) is 7.20. The molecular weight excluding hydrogens is 351 g/mol. The third-order valence-electron chi connectivity index (χ3n) is 3.39. The second kappa shape index (κ2) is 8.78. The van der Waals surface area contributed by atoms with Crippen molar-refractivity contribution < 1.29 is 14.3 Å². The maximum atomic E-state index is 12.1. The van der Waals surface area contributed by atoms with Gasteiger partial charge in [-0.15, -0.1) is 0 Å². The predicted molar refractivity (Wildman–Crippen MR) is 96.2 cm³/mol. The lowest BCUT2D eigenvalue weighted by atomic mass is 10.1. The molecule has 0 bridgehead atoms. The number of halogens is 2. The molecule has 2 amide bonds. The minimum Gasteiger partial charge on any atom is -0.495 e. The van der Waals surface area contributed by atoms with E-state index in [2.05, 4.69) is 10.6 Å². The van der Waals surface area contributed by atoms with E-state index in [-0.39, 0.29) is 12.6 Å². The highest BCUT2D eigenvalue weighted by molar-refractivity contribution is 6.31. The Hall–Kier alpha value is -1.95. The van der Waals surface area contributed by atoms with Crippen LogP contribution in [-0.4, -0.2) is 26.8 Å². The lowest BCUT2D eigenvalue weighted by molar-refractivity contribution is 0.104. The summed E-state index contributed by atoms with van der Waals surface area (Å²) in [5.74, 6) is 0.518. The molecule has 2 rings (SSSR count). The van der Waals surface area contributed by atoms with E-state index in [9.17, 15) is 4.79 Å². The molecule has 5 nitrogen and oxygen atoms in total. The quantitative estimate of drug-likeness (QED) is 0.788. The van der Waals surface area contributed by atoms with E-state index in [1.54, 1.807) is 31.4 Å². The SMILES string of the molecule is COc1ccc(Cl)cc1NC(=O)NC[C@@H](OC)c1ccccc1Cl. The zero-order valence-corrected chi connectivity index (χ0v) is 14.8. The first kappa shape index (κ1) is 18.4. The van der Waals surface area contributed by atoms with Gasteiger partial charge in [-0.2, -0.15) is 0 Å². The molecule has 0 heterocycles. The molecule has 0 saturated heterocycles. The van der Waals surface area contributed by atoms with Crippen molar-refractivity contribution in [2.24, 2.45) is 0 Å². The average Bonchev–Trinajstić information content (AvgIpc) is 2.57. The lowest BCUT2D eigenvalue weighted by Gasteiger charge is -2.18. The Morgan fingerprint density at radius 3 is 2.58 bits per heavy atom. The fourth-order valence-electron chi connectivity index (χ4n) is 2.19. The number of amides is 2. The van der Waals surface area contributed by atoms with Crippen LogP contribution in [0.4, 0.5) is 10.5 Å². The largest absolute Gasteiger partial charge is 0.495 e. The van der Waals surface area contributed by atoms with Gasteiger partial charge in [-0.25, -0.2) is 4.79 Å². The first-order chi connectivity index (χ1) is 11.5. The molecule has 0 radical (unpaired) electrons. The molecule has 0 aliphatic heterocycles. The molecule has 0 fully saturated rings. The summed E-state index contributed by atoms with van der Waals surface area (Å²) in [5, 5.41) is 6.53. The molecule has 0 aliphatic rings. The summed E-state index contributed by atoms with van der Waals surface area (Å²) in [5.41, 5.74) is 1.29. The molecular formula is C17H18Cl2N2O3. The van der Waals surface area contributed by atoms with Crippen LogP contribution in [0.25, 0.3) is 0 Å². The molecule has 0 aromatic heterocycles. The van der Waals surface area contributed by atoms with Gasteiger partial charge >= 0.3 is 6.03 Å². The Morgan fingerprint density at radius 2 is 1.92 bits per heavy atom. The van der Waals surface area contributed by atoms with Crippen LogP contribution in [0, 0.1) is 0 Å². The van der Waals surface area contributed by atoms with Crippen LogP contribution >= 0.6 is 23.2 Å². The van der Waals surface area contributed by atoms with E-state index in [0.29, 0.717) is 21.5 Å². The number of methoxy groups -OCH3 is 2. The number of nitrogens with one attached hydrogen (secondary N) is 2. The summed E-state index contributed by atoms with van der Waals surface area (Å²) >= 11 is 12.1. The highest BCUT2D eigenvalue weighted by atomic mass is 35.5. The van der Waals surface area contributed by atoms with Crippen molar-refractivity contribution in [1.29, 1.82) is 0 Å². The van der Waals surface area contributed by atoms with Crippen molar-refractivity contribution in [3.05, 3.63) is 58.1 Å². The number of carbonyl (C=O) groups is 1. The van der Waals surface area contributed by atoms with Crippen LogP contribution in [0.5, 0.6) is 5.75 Å². The fourth-order valence-corrected chi connectivity index (χ4v) is 2.62. The summed E-state index contributed by atoms with van der Waals surface area (Å²) in [6.07, 6.45) is -0.356. The Morgan fingerprint density at radius 1 is 1.17 bits per heavy atom. The maximum absolute atomic E-state index is 12.1. The van der Waals surface area contributed by atoms with E-state index in [0.717, 1.165) is 5.56 Å². The summed E-state index contributed by atoms with van der Waals surface area (Å²) in [6, 6.07) is 11.9. The summed E-state index contributed by atoms with van der Waals surface area (Å²) in [7, 11) is 3.08. The third-order valence-corrected chi connectivity index (χ3v) is 3.97. The Labute approximate surface area is 150 Å². The van der Waals surface area contributed by atoms with Gasteiger partial charge < -0.3 is 20.1 Å². The summed E-state index contributed by atoms with van der Waals surface area (Å²) in [6.45, 7) is 0.259. The van der Waals surface area contributed by atoms with Crippen molar-refractivity contribution in [2.45, 2.75) is 6.10 Å². The van der Waals surface area contributed by atoms with Crippen molar-refractivity contribution in [3.8, 4) is 5.75 Å². The standard InChI is InChI=1S/C17H18Cl2N2O3/c1-23-15-8-7-11(18)9-14(15)21-17(22)20-10-16(24-2)12-5-3-4-6-13(12)19/h3-9,16H,10H2,1-2H3,(H2,20,21,22)/t16-/m1/s1. The molecule has 24 heavy (non-hydrogen) atoms. The van der Waals surface area contributed by atoms with Crippen LogP contribution in [0.3, 0.4) is 0 Å². The summed E-state index contributed by atoms with van der Waals surface area (Å²) in [4.78, 5) is 12.1. The van der Waals surface area contributed by atoms with Gasteiger partial charge in [0.25, 0.3) is 0 Å². The number of ether oxygens (including phenoxy) is 2. The monoisotopic (exact) mass is 368 g/mol. The molecule has 0 spiro atoms. The summed E-state index contributed by atoms with van der Waals surface area (Å²) < 4.78 is 10.6. The average molecular weight is 369 g/mol. The van der Waals surface area contributed by atoms with Crippen molar-refractivity contribution in [1.82, 2.24) is 5.32 Å². The van der Waals surface area contributed by atoms with Crippen molar-refractivity contribution >= 4 is 34.9 Å². The molecule has 7 heteroatoms. The predicted octanol–water partition coefficient (Wildman–Crippen LogP) is 4.51. The van der Waals surface area contributed by atoms with Gasteiger partial charge in [0.2, 0.25) is 0 Å². The third kappa shape index (κ3) is 4.77. The number of hydrogen-bond donors (Lipinski definition) is 2. The second-order valence-corrected chi connectivity index (χ2v) is 5.77. The Bertz CT molecular complexity index is 710. The van der Waals surface area contributed by atoms with Crippen LogP contribution < -0.4 is 15.4 Å². The van der Waals surface area contributed by atoms with E-state index in [1.165, 1.54) is 7.11 Å². The number of rotatable bonds is 6. The number of benzene rings is 2. The Kier molecular flexibility index (Phi) is 6.73. The number of carbonyl (C=O) groups excluding carboxylic acids is 1. The van der Waals surface area contributed by atoms with Gasteiger partial charge in [0.15, 0.2) is 0 Å². The zero-order chi connectivity index (χ0) is 17.5. The normalized spacial score (nSPS) is 11.7. The lowest BCUT2D eigenvalue weighted by Crippen LogP contribution is -2.33. The highest BCUT2D eigenvalue weighted by Gasteiger charge is 2.15. The fraction of sp³-hybridized carbons (Fsp3) is 0.235. The maximum Gasteiger partial charge on any atom is 0.319 e. The van der Waals surface area contributed by atoms with Crippen LogP contribution in [0.15, 0.2) is 42.5 Å². The molecule has 128 valence electrons.